The SMILES string of the molecule is CC(C)c1ccc(C2C(S(=O)(=O)NCc3ccc(F)cc3)CON2C)cc1. The van der Waals surface area contributed by atoms with E-state index in [9.17, 15) is 12.8 Å². The third kappa shape index (κ3) is 4.55. The zero-order chi connectivity index (χ0) is 19.6. The molecule has 2 atom stereocenters. The zero-order valence-corrected chi connectivity index (χ0v) is 16.5. The van der Waals surface area contributed by atoms with Crippen LogP contribution >= 0.6 is 0 Å². The second-order valence-corrected chi connectivity index (χ2v) is 9.12. The minimum atomic E-state index is -3.64. The molecular weight excluding hydrogens is 367 g/mol. The van der Waals surface area contributed by atoms with Crippen LogP contribution in [-0.4, -0.2) is 32.4 Å². The summed E-state index contributed by atoms with van der Waals surface area (Å²) in [6.07, 6.45) is 0. The average Bonchev–Trinajstić information content (AvgIpc) is 3.04. The number of hydrogen-bond acceptors (Lipinski definition) is 4. The molecule has 2 aromatic carbocycles. The molecule has 1 fully saturated rings. The van der Waals surface area contributed by atoms with Crippen molar-refractivity contribution in [1.29, 1.82) is 0 Å². The summed E-state index contributed by atoms with van der Waals surface area (Å²) in [5.74, 6) is 0.0610. The molecule has 5 nitrogen and oxygen atoms in total. The lowest BCUT2D eigenvalue weighted by Gasteiger charge is -2.23. The molecule has 0 amide bonds. The molecule has 7 heteroatoms. The number of nitrogens with one attached hydrogen (secondary N) is 1. The van der Waals surface area contributed by atoms with E-state index in [-0.39, 0.29) is 19.0 Å². The molecule has 146 valence electrons. The lowest BCUT2D eigenvalue weighted by molar-refractivity contribution is -0.110. The van der Waals surface area contributed by atoms with Gasteiger partial charge in [-0.2, -0.15) is 5.06 Å². The second-order valence-electron chi connectivity index (χ2n) is 7.14. The number of sulfonamides is 1. The summed E-state index contributed by atoms with van der Waals surface area (Å²) in [5, 5.41) is 0.875. The Morgan fingerprint density at radius 3 is 2.37 bits per heavy atom. The fourth-order valence-corrected chi connectivity index (χ4v) is 4.74. The first-order chi connectivity index (χ1) is 12.8. The van der Waals surface area contributed by atoms with Gasteiger partial charge in [-0.1, -0.05) is 50.2 Å². The number of benzene rings is 2. The van der Waals surface area contributed by atoms with Crippen LogP contribution in [-0.2, 0) is 21.4 Å². The van der Waals surface area contributed by atoms with Crippen molar-refractivity contribution in [2.75, 3.05) is 13.7 Å². The van der Waals surface area contributed by atoms with Gasteiger partial charge in [0.05, 0.1) is 12.6 Å². The summed E-state index contributed by atoms with van der Waals surface area (Å²) in [7, 11) is -1.89. The van der Waals surface area contributed by atoms with Gasteiger partial charge in [0, 0.05) is 13.6 Å². The van der Waals surface area contributed by atoms with Crippen molar-refractivity contribution in [1.82, 2.24) is 9.79 Å². The maximum Gasteiger partial charge on any atom is 0.219 e. The van der Waals surface area contributed by atoms with Crippen LogP contribution < -0.4 is 4.72 Å². The summed E-state index contributed by atoms with van der Waals surface area (Å²) in [5.41, 5.74) is 2.80. The molecule has 0 aromatic heterocycles. The first kappa shape index (κ1) is 19.9. The highest BCUT2D eigenvalue weighted by Crippen LogP contribution is 2.34. The predicted octanol–water partition coefficient (Wildman–Crippen LogP) is 3.36. The molecule has 1 saturated heterocycles. The van der Waals surface area contributed by atoms with Gasteiger partial charge in [0.2, 0.25) is 10.0 Å². The highest BCUT2D eigenvalue weighted by atomic mass is 32.2. The molecule has 0 saturated carbocycles. The van der Waals surface area contributed by atoms with Crippen molar-refractivity contribution in [3.05, 3.63) is 71.0 Å². The maximum absolute atomic E-state index is 13.0. The Balaban J connectivity index is 1.77. The van der Waals surface area contributed by atoms with E-state index in [4.69, 9.17) is 4.84 Å². The lowest BCUT2D eigenvalue weighted by Crippen LogP contribution is -2.39. The summed E-state index contributed by atoms with van der Waals surface area (Å²) in [4.78, 5) is 5.53. The normalized spacial score (nSPS) is 21.1. The van der Waals surface area contributed by atoms with Gasteiger partial charge in [-0.15, -0.1) is 0 Å². The zero-order valence-electron chi connectivity index (χ0n) is 15.7. The quantitative estimate of drug-likeness (QED) is 0.819. The van der Waals surface area contributed by atoms with E-state index < -0.39 is 21.3 Å². The van der Waals surface area contributed by atoms with Gasteiger partial charge >= 0.3 is 0 Å². The first-order valence-electron chi connectivity index (χ1n) is 8.96. The monoisotopic (exact) mass is 392 g/mol. The topological polar surface area (TPSA) is 58.6 Å². The first-order valence-corrected chi connectivity index (χ1v) is 10.5. The van der Waals surface area contributed by atoms with Crippen LogP contribution in [0.5, 0.6) is 0 Å². The lowest BCUT2D eigenvalue weighted by atomic mass is 9.98. The predicted molar refractivity (Wildman–Crippen MR) is 103 cm³/mol. The van der Waals surface area contributed by atoms with Crippen molar-refractivity contribution in [3.63, 3.8) is 0 Å². The van der Waals surface area contributed by atoms with Crippen LogP contribution in [0.4, 0.5) is 4.39 Å². The molecule has 27 heavy (non-hydrogen) atoms. The van der Waals surface area contributed by atoms with Gasteiger partial charge < -0.3 is 0 Å². The van der Waals surface area contributed by atoms with Crippen molar-refractivity contribution in [2.45, 2.75) is 37.6 Å². The smallest absolute Gasteiger partial charge is 0.219 e. The fourth-order valence-electron chi connectivity index (χ4n) is 3.25. The summed E-state index contributed by atoms with van der Waals surface area (Å²) < 4.78 is 41.4. The molecule has 1 heterocycles. The number of rotatable bonds is 6. The van der Waals surface area contributed by atoms with Crippen molar-refractivity contribution >= 4 is 10.0 Å². The van der Waals surface area contributed by atoms with Gasteiger partial charge in [0.25, 0.3) is 0 Å². The molecule has 2 unspecified atom stereocenters. The van der Waals surface area contributed by atoms with Crippen molar-refractivity contribution in [2.24, 2.45) is 0 Å². The van der Waals surface area contributed by atoms with Crippen LogP contribution in [0, 0.1) is 5.82 Å². The van der Waals surface area contributed by atoms with Gasteiger partial charge in [0.15, 0.2) is 0 Å². The highest BCUT2D eigenvalue weighted by molar-refractivity contribution is 7.90. The number of nitrogens with zero attached hydrogens (tertiary/aromatic N) is 1. The second kappa shape index (κ2) is 8.06. The number of halogens is 1. The van der Waals surface area contributed by atoms with Crippen LogP contribution in [0.3, 0.4) is 0 Å². The summed E-state index contributed by atoms with van der Waals surface area (Å²) in [6.45, 7) is 4.44. The van der Waals surface area contributed by atoms with Crippen LogP contribution in [0.1, 0.15) is 42.5 Å². The Kier molecular flexibility index (Phi) is 5.95. The number of hydroxylamine groups is 2. The summed E-state index contributed by atoms with van der Waals surface area (Å²) in [6, 6.07) is 13.4. The molecule has 1 N–H and O–H groups in total. The molecule has 0 aliphatic carbocycles. The van der Waals surface area contributed by atoms with Crippen LogP contribution in [0.15, 0.2) is 48.5 Å². The average molecular weight is 392 g/mol. The Hall–Kier alpha value is -1.80. The molecule has 2 aromatic rings. The minimum absolute atomic E-state index is 0.0891. The number of hydrogen-bond donors (Lipinski definition) is 1. The van der Waals surface area contributed by atoms with E-state index in [1.807, 2.05) is 24.3 Å². The van der Waals surface area contributed by atoms with Crippen molar-refractivity contribution in [3.8, 4) is 0 Å². The Bertz CT molecular complexity index is 867. The van der Waals surface area contributed by atoms with Crippen molar-refractivity contribution < 1.29 is 17.6 Å². The molecule has 0 spiro atoms. The van der Waals surface area contributed by atoms with Crippen LogP contribution in [0.25, 0.3) is 0 Å². The Morgan fingerprint density at radius 1 is 1.15 bits per heavy atom. The van der Waals surface area contributed by atoms with Gasteiger partial charge in [-0.3, -0.25) is 4.84 Å². The van der Waals surface area contributed by atoms with E-state index in [0.29, 0.717) is 11.5 Å². The maximum atomic E-state index is 13.0. The van der Waals surface area contributed by atoms with E-state index in [2.05, 4.69) is 18.6 Å². The van der Waals surface area contributed by atoms with Crippen LogP contribution in [0.2, 0.25) is 0 Å². The standard InChI is InChI=1S/C20H25FN2O3S/c1-14(2)16-6-8-17(9-7-16)20-19(13-26-23(20)3)27(24,25)22-12-15-4-10-18(21)11-5-15/h4-11,14,19-20,22H,12-13H2,1-3H3. The molecule has 3 rings (SSSR count). The van der Waals surface area contributed by atoms with E-state index in [0.717, 1.165) is 5.56 Å². The van der Waals surface area contributed by atoms with E-state index in [1.165, 1.54) is 17.7 Å². The third-order valence-electron chi connectivity index (χ3n) is 4.92. The largest absolute Gasteiger partial charge is 0.297 e. The molecular formula is C20H25FN2O3S. The molecule has 1 aliphatic rings. The molecule has 0 radical (unpaired) electrons. The summed E-state index contributed by atoms with van der Waals surface area (Å²) >= 11 is 0. The Morgan fingerprint density at radius 2 is 1.78 bits per heavy atom. The highest BCUT2D eigenvalue weighted by Gasteiger charge is 2.43. The van der Waals surface area contributed by atoms with E-state index >= 15 is 0 Å². The van der Waals surface area contributed by atoms with Gasteiger partial charge in [-0.05, 0) is 34.7 Å². The minimum Gasteiger partial charge on any atom is -0.297 e. The Labute approximate surface area is 160 Å². The third-order valence-corrected chi connectivity index (χ3v) is 6.66. The van der Waals surface area contributed by atoms with Gasteiger partial charge in [0.1, 0.15) is 11.1 Å². The van der Waals surface area contributed by atoms with E-state index in [1.54, 1.807) is 24.2 Å². The molecule has 0 bridgehead atoms. The fraction of sp³-hybridized carbons (Fsp3) is 0.400. The van der Waals surface area contributed by atoms with Gasteiger partial charge in [-0.25, -0.2) is 17.5 Å². The molecule has 1 aliphatic heterocycles.